The van der Waals surface area contributed by atoms with E-state index in [0.717, 1.165) is 18.2 Å². The zero-order valence-electron chi connectivity index (χ0n) is 13.7. The highest BCUT2D eigenvalue weighted by Gasteiger charge is 2.28. The van der Waals surface area contributed by atoms with Crippen molar-refractivity contribution < 1.29 is 4.74 Å². The minimum atomic E-state index is 0.806. The monoisotopic (exact) mass is 304 g/mol. The first-order valence-electron chi connectivity index (χ1n) is 7.89. The summed E-state index contributed by atoms with van der Waals surface area (Å²) in [5.41, 5.74) is 7.49. The van der Waals surface area contributed by atoms with Gasteiger partial charge in [-0.05, 0) is 55.2 Å². The molecule has 0 spiro atoms. The first-order valence-corrected chi connectivity index (χ1v) is 7.89. The molecule has 0 saturated heterocycles. The average Bonchev–Trinajstić information content (AvgIpc) is 3.13. The molecule has 4 rings (SSSR count). The van der Waals surface area contributed by atoms with Gasteiger partial charge in [0.15, 0.2) is 0 Å². The van der Waals surface area contributed by atoms with E-state index in [4.69, 9.17) is 4.74 Å². The van der Waals surface area contributed by atoms with Crippen LogP contribution in [0.15, 0.2) is 66.5 Å². The second-order valence-corrected chi connectivity index (χ2v) is 6.23. The number of fused-ring (bicyclic) bond motifs is 1. The summed E-state index contributed by atoms with van der Waals surface area (Å²) in [5.74, 6) is 0.903. The Kier molecular flexibility index (Phi) is 3.15. The van der Waals surface area contributed by atoms with E-state index in [9.17, 15) is 0 Å². The van der Waals surface area contributed by atoms with E-state index in [0.29, 0.717) is 0 Å². The molecule has 0 atom stereocenters. The van der Waals surface area contributed by atoms with Crippen molar-refractivity contribution in [3.63, 3.8) is 0 Å². The Bertz CT molecular complexity index is 818. The molecule has 0 aliphatic carbocycles. The van der Waals surface area contributed by atoms with Gasteiger partial charge in [-0.1, -0.05) is 30.3 Å². The maximum atomic E-state index is 5.54. The number of nitrogens with zero attached hydrogens (tertiary/aromatic N) is 2. The van der Waals surface area contributed by atoms with Gasteiger partial charge >= 0.3 is 0 Å². The lowest BCUT2D eigenvalue weighted by Gasteiger charge is -2.19. The zero-order valence-corrected chi connectivity index (χ0v) is 13.7. The van der Waals surface area contributed by atoms with E-state index in [2.05, 4.69) is 79.2 Å². The van der Waals surface area contributed by atoms with Crippen LogP contribution in [0.25, 0.3) is 11.1 Å². The van der Waals surface area contributed by atoms with Gasteiger partial charge in [-0.2, -0.15) is 0 Å². The van der Waals surface area contributed by atoms with Crippen LogP contribution in [0.4, 0.5) is 5.69 Å². The Morgan fingerprint density at radius 2 is 1.61 bits per heavy atom. The Morgan fingerprint density at radius 1 is 0.870 bits per heavy atom. The smallest absolute Gasteiger partial charge is 0.217 e. The summed E-state index contributed by atoms with van der Waals surface area (Å²) in [4.78, 5) is 4.37. The third-order valence-corrected chi connectivity index (χ3v) is 4.64. The summed E-state index contributed by atoms with van der Waals surface area (Å²) in [6.45, 7) is 7.17. The largest absolute Gasteiger partial charge is 0.445 e. The molecule has 2 aliphatic rings. The summed E-state index contributed by atoms with van der Waals surface area (Å²) < 4.78 is 5.54. The summed E-state index contributed by atoms with van der Waals surface area (Å²) in [7, 11) is 0. The first kappa shape index (κ1) is 13.9. The Labute approximate surface area is 137 Å². The third-order valence-electron chi connectivity index (χ3n) is 4.64. The van der Waals surface area contributed by atoms with Gasteiger partial charge in [-0.3, -0.25) is 4.90 Å². The Morgan fingerprint density at radius 3 is 2.30 bits per heavy atom. The molecule has 116 valence electrons. The van der Waals surface area contributed by atoms with Crippen LogP contribution in [0.3, 0.4) is 0 Å². The normalized spacial score (nSPS) is 16.1. The van der Waals surface area contributed by atoms with Gasteiger partial charge in [0.05, 0.1) is 11.9 Å². The van der Waals surface area contributed by atoms with Crippen LogP contribution in [-0.2, 0) is 4.74 Å². The fraction of sp³-hybridized carbons (Fsp3) is 0.200. The molecular formula is C20H20N2O. The minimum Gasteiger partial charge on any atom is -0.445 e. The number of hydrogen-bond donors (Lipinski definition) is 0. The van der Waals surface area contributed by atoms with Crippen molar-refractivity contribution in [1.29, 1.82) is 0 Å². The summed E-state index contributed by atoms with van der Waals surface area (Å²) >= 11 is 0. The van der Waals surface area contributed by atoms with Gasteiger partial charge in [-0.15, -0.1) is 0 Å². The van der Waals surface area contributed by atoms with Crippen LogP contribution in [0.5, 0.6) is 0 Å². The van der Waals surface area contributed by atoms with Gasteiger partial charge in [0.2, 0.25) is 5.88 Å². The molecule has 3 heteroatoms. The molecule has 2 aromatic rings. The van der Waals surface area contributed by atoms with Crippen molar-refractivity contribution in [1.82, 2.24) is 4.90 Å². The number of benzene rings is 2. The number of rotatable bonds is 2. The first-order chi connectivity index (χ1) is 11.1. The molecule has 0 aromatic heterocycles. The molecule has 2 aliphatic heterocycles. The van der Waals surface area contributed by atoms with E-state index < -0.39 is 0 Å². The predicted molar refractivity (Wildman–Crippen MR) is 93.5 cm³/mol. The van der Waals surface area contributed by atoms with Gasteiger partial charge in [0.25, 0.3) is 0 Å². The van der Waals surface area contributed by atoms with Crippen LogP contribution in [0, 0.1) is 13.8 Å². The topological polar surface area (TPSA) is 15.7 Å². The lowest BCUT2D eigenvalue weighted by molar-refractivity contribution is 0.288. The van der Waals surface area contributed by atoms with Crippen molar-refractivity contribution >= 4 is 5.69 Å². The summed E-state index contributed by atoms with van der Waals surface area (Å²) in [6, 6.07) is 15.3. The van der Waals surface area contributed by atoms with Crippen molar-refractivity contribution in [2.75, 3.05) is 11.6 Å². The summed E-state index contributed by atoms with van der Waals surface area (Å²) in [6.07, 6.45) is 3.85. The maximum absolute atomic E-state index is 5.54. The number of allylic oxidation sites excluding steroid dienone is 1. The standard InChI is InChI=1S/C20H20N2O/c1-14-4-5-18(10-15(14)2)17-6-8-19(9-7-17)21-11-20-22(13-21)16(3)12-23-20/h4-12H,13H2,1-3H3. The molecule has 0 saturated carbocycles. The molecular weight excluding hydrogens is 284 g/mol. The second kappa shape index (κ2) is 5.20. The van der Waals surface area contributed by atoms with E-state index in [-0.39, 0.29) is 0 Å². The second-order valence-electron chi connectivity index (χ2n) is 6.23. The van der Waals surface area contributed by atoms with Gasteiger partial charge in [-0.25, -0.2) is 0 Å². The fourth-order valence-corrected chi connectivity index (χ4v) is 2.98. The molecule has 3 nitrogen and oxygen atoms in total. The molecule has 0 radical (unpaired) electrons. The molecule has 0 bridgehead atoms. The molecule has 0 N–H and O–H groups in total. The molecule has 0 unspecified atom stereocenters. The van der Waals surface area contributed by atoms with Crippen LogP contribution in [0.1, 0.15) is 18.1 Å². The van der Waals surface area contributed by atoms with Crippen molar-refractivity contribution in [2.24, 2.45) is 0 Å². The van der Waals surface area contributed by atoms with Crippen molar-refractivity contribution in [3.8, 4) is 11.1 Å². The third kappa shape index (κ3) is 2.38. The molecule has 0 amide bonds. The van der Waals surface area contributed by atoms with Crippen molar-refractivity contribution in [3.05, 3.63) is 77.6 Å². The number of ether oxygens (including phenoxy) is 1. The van der Waals surface area contributed by atoms with Gasteiger partial charge < -0.3 is 9.64 Å². The van der Waals surface area contributed by atoms with E-state index >= 15 is 0 Å². The SMILES string of the molecule is CC1=COC2=CN(c3ccc(-c4ccc(C)c(C)c4)cc3)CN12. The van der Waals surface area contributed by atoms with Gasteiger partial charge in [0, 0.05) is 5.69 Å². The molecule has 0 fully saturated rings. The Balaban J connectivity index is 1.57. The Hall–Kier alpha value is -2.68. The minimum absolute atomic E-state index is 0.806. The van der Waals surface area contributed by atoms with E-state index in [1.165, 1.54) is 27.9 Å². The molecule has 2 aromatic carbocycles. The van der Waals surface area contributed by atoms with E-state index in [1.54, 1.807) is 6.26 Å². The molecule has 23 heavy (non-hydrogen) atoms. The highest BCUT2D eigenvalue weighted by molar-refractivity contribution is 5.68. The average molecular weight is 304 g/mol. The highest BCUT2D eigenvalue weighted by atomic mass is 16.5. The van der Waals surface area contributed by atoms with Crippen LogP contribution in [-0.4, -0.2) is 11.6 Å². The van der Waals surface area contributed by atoms with Crippen LogP contribution >= 0.6 is 0 Å². The van der Waals surface area contributed by atoms with Crippen molar-refractivity contribution in [2.45, 2.75) is 20.8 Å². The summed E-state index contributed by atoms with van der Waals surface area (Å²) in [5, 5.41) is 0. The highest BCUT2D eigenvalue weighted by Crippen LogP contribution is 2.32. The zero-order chi connectivity index (χ0) is 16.0. The van der Waals surface area contributed by atoms with Crippen LogP contribution < -0.4 is 4.90 Å². The lowest BCUT2D eigenvalue weighted by atomic mass is 10.0. The van der Waals surface area contributed by atoms with E-state index in [1.807, 2.05) is 0 Å². The fourth-order valence-electron chi connectivity index (χ4n) is 2.98. The number of aryl methyl sites for hydroxylation is 2. The predicted octanol–water partition coefficient (Wildman–Crippen LogP) is 4.74. The number of anilines is 1. The van der Waals surface area contributed by atoms with Crippen LogP contribution in [0.2, 0.25) is 0 Å². The quantitative estimate of drug-likeness (QED) is 0.797. The number of hydrogen-bond acceptors (Lipinski definition) is 3. The lowest BCUT2D eigenvalue weighted by Crippen LogP contribution is -2.23. The molecule has 2 heterocycles. The maximum Gasteiger partial charge on any atom is 0.217 e. The van der Waals surface area contributed by atoms with Gasteiger partial charge in [0.1, 0.15) is 12.9 Å².